The molecule has 2 aromatic carbocycles. The molecule has 0 saturated carbocycles. The smallest absolute Gasteiger partial charge is 0.221 e. The predicted octanol–water partition coefficient (Wildman–Crippen LogP) is 5.01. The van der Waals surface area contributed by atoms with Crippen LogP contribution in [0.1, 0.15) is 54.5 Å². The molecule has 2 saturated heterocycles. The topological polar surface area (TPSA) is 70.4 Å². The number of benzene rings is 2. The fourth-order valence-electron chi connectivity index (χ4n) is 4.99. The Morgan fingerprint density at radius 1 is 1.18 bits per heavy atom. The Morgan fingerprint density at radius 2 is 1.91 bits per heavy atom. The number of hydrogen-bond acceptors (Lipinski definition) is 4. The average molecular weight is 469 g/mol. The highest BCUT2D eigenvalue weighted by molar-refractivity contribution is 7.89. The number of ether oxygens (including phenoxy) is 1. The van der Waals surface area contributed by atoms with E-state index in [1.807, 2.05) is 55.5 Å². The van der Waals surface area contributed by atoms with E-state index in [2.05, 4.69) is 0 Å². The van der Waals surface area contributed by atoms with Crippen molar-refractivity contribution in [1.82, 2.24) is 4.31 Å². The molecule has 0 radical (unpaired) electrons. The predicted molar refractivity (Wildman–Crippen MR) is 125 cm³/mol. The zero-order valence-electron chi connectivity index (χ0n) is 18.8. The lowest BCUT2D eigenvalue weighted by Gasteiger charge is -2.38. The molecular formula is C26H29FN2O3S. The summed E-state index contributed by atoms with van der Waals surface area (Å²) in [6.07, 6.45) is 5.90. The van der Waals surface area contributed by atoms with E-state index in [9.17, 15) is 8.42 Å². The largest absolute Gasteiger partial charge is 0.381 e. The van der Waals surface area contributed by atoms with Crippen molar-refractivity contribution in [3.63, 3.8) is 0 Å². The maximum atomic E-state index is 15.3. The lowest BCUT2D eigenvalue weighted by atomic mass is 9.73. The summed E-state index contributed by atoms with van der Waals surface area (Å²) in [5.74, 6) is -0.423. The third kappa shape index (κ3) is 4.74. The van der Waals surface area contributed by atoms with Gasteiger partial charge in [-0.25, -0.2) is 12.8 Å². The zero-order valence-corrected chi connectivity index (χ0v) is 19.6. The fraction of sp³-hybridized carbons (Fsp3) is 0.423. The quantitative estimate of drug-likeness (QED) is 0.579. The molecule has 7 heteroatoms. The Bertz CT molecular complexity index is 1150. The number of halogens is 1. The first-order valence-corrected chi connectivity index (χ1v) is 12.9. The number of rotatable bonds is 5. The first-order valence-electron chi connectivity index (χ1n) is 11.4. The van der Waals surface area contributed by atoms with Gasteiger partial charge in [0.25, 0.3) is 0 Å². The SMILES string of the molecule is C[C@H]1CC[C@H](c2ccccc2)S(=O)(=O)N1Cc1ccc(C2(/C=C/C#N)CCOCC2)cc1F. The van der Waals surface area contributed by atoms with E-state index in [1.165, 1.54) is 16.4 Å². The number of allylic oxidation sites excluding steroid dienone is 2. The molecule has 2 heterocycles. The molecule has 2 aromatic rings. The van der Waals surface area contributed by atoms with Gasteiger partial charge in [-0.2, -0.15) is 9.57 Å². The number of nitrogens with zero attached hydrogens (tertiary/aromatic N) is 2. The van der Waals surface area contributed by atoms with Crippen molar-refractivity contribution in [3.8, 4) is 6.07 Å². The Kier molecular flexibility index (Phi) is 6.99. The van der Waals surface area contributed by atoms with E-state index in [0.29, 0.717) is 38.0 Å². The van der Waals surface area contributed by atoms with Crippen LogP contribution >= 0.6 is 0 Å². The van der Waals surface area contributed by atoms with Crippen LogP contribution < -0.4 is 0 Å². The summed E-state index contributed by atoms with van der Waals surface area (Å²) in [6, 6.07) is 16.1. The van der Waals surface area contributed by atoms with E-state index in [1.54, 1.807) is 6.07 Å². The van der Waals surface area contributed by atoms with Crippen molar-refractivity contribution in [1.29, 1.82) is 5.26 Å². The normalized spacial score (nSPS) is 25.0. The molecule has 0 aromatic heterocycles. The van der Waals surface area contributed by atoms with Gasteiger partial charge in [-0.1, -0.05) is 48.5 Å². The Hall–Kier alpha value is -2.53. The standard InChI is InChI=1S/C26H29FN2O3S/c1-20-8-11-25(21-6-3-2-4-7-21)33(30,31)29(20)19-22-9-10-23(18-24(22)27)26(12-5-15-28)13-16-32-17-14-26/h2-7,9-10,12,18,20,25H,8,11,13-14,16-17,19H2,1H3/b12-5+/t20-,25+/m0/s1. The van der Waals surface area contributed by atoms with Gasteiger partial charge in [-0.3, -0.25) is 0 Å². The van der Waals surface area contributed by atoms with E-state index in [-0.39, 0.29) is 12.6 Å². The van der Waals surface area contributed by atoms with E-state index in [0.717, 1.165) is 17.5 Å². The van der Waals surface area contributed by atoms with Crippen LogP contribution in [0.25, 0.3) is 0 Å². The van der Waals surface area contributed by atoms with Crippen LogP contribution in [-0.4, -0.2) is 32.0 Å². The molecule has 4 rings (SSSR count). The summed E-state index contributed by atoms with van der Waals surface area (Å²) < 4.78 is 49.2. The van der Waals surface area contributed by atoms with Crippen molar-refractivity contribution in [2.45, 2.75) is 55.9 Å². The minimum Gasteiger partial charge on any atom is -0.381 e. The van der Waals surface area contributed by atoms with Gasteiger partial charge in [0.05, 0.1) is 6.07 Å². The molecule has 0 aliphatic carbocycles. The molecule has 2 fully saturated rings. The van der Waals surface area contributed by atoms with Crippen LogP contribution in [0.3, 0.4) is 0 Å². The summed E-state index contributed by atoms with van der Waals surface area (Å²) in [5.41, 5.74) is 1.47. The van der Waals surface area contributed by atoms with Gasteiger partial charge in [0, 0.05) is 42.9 Å². The van der Waals surface area contributed by atoms with Crippen LogP contribution in [0.4, 0.5) is 4.39 Å². The monoisotopic (exact) mass is 468 g/mol. The van der Waals surface area contributed by atoms with Gasteiger partial charge < -0.3 is 4.74 Å². The first kappa shape index (κ1) is 23.6. The summed E-state index contributed by atoms with van der Waals surface area (Å²) in [5, 5.41) is 8.40. The summed E-state index contributed by atoms with van der Waals surface area (Å²) in [6.45, 7) is 2.98. The van der Waals surface area contributed by atoms with Crippen molar-refractivity contribution in [2.24, 2.45) is 0 Å². The lowest BCUT2D eigenvalue weighted by Crippen LogP contribution is -2.44. The fourth-order valence-corrected chi connectivity index (χ4v) is 7.18. The molecule has 0 unspecified atom stereocenters. The maximum Gasteiger partial charge on any atom is 0.221 e. The molecule has 2 atom stereocenters. The molecule has 2 aliphatic heterocycles. The Labute approximate surface area is 195 Å². The van der Waals surface area contributed by atoms with Gasteiger partial charge in [0.2, 0.25) is 10.0 Å². The lowest BCUT2D eigenvalue weighted by molar-refractivity contribution is 0.0653. The minimum absolute atomic E-state index is 0.00307. The molecule has 0 N–H and O–H groups in total. The zero-order chi connectivity index (χ0) is 23.5. The van der Waals surface area contributed by atoms with Crippen molar-refractivity contribution >= 4 is 10.0 Å². The molecule has 174 valence electrons. The van der Waals surface area contributed by atoms with Crippen LogP contribution in [-0.2, 0) is 26.7 Å². The molecule has 5 nitrogen and oxygen atoms in total. The second kappa shape index (κ2) is 9.76. The van der Waals surface area contributed by atoms with Gasteiger partial charge >= 0.3 is 0 Å². The van der Waals surface area contributed by atoms with E-state index in [4.69, 9.17) is 10.00 Å². The first-order chi connectivity index (χ1) is 15.9. The van der Waals surface area contributed by atoms with Crippen LogP contribution in [0.2, 0.25) is 0 Å². The minimum atomic E-state index is -3.63. The van der Waals surface area contributed by atoms with E-state index < -0.39 is 26.5 Å². The van der Waals surface area contributed by atoms with Gasteiger partial charge in [-0.15, -0.1) is 0 Å². The molecule has 0 amide bonds. The highest BCUT2D eigenvalue weighted by Gasteiger charge is 2.41. The summed E-state index contributed by atoms with van der Waals surface area (Å²) in [7, 11) is -3.63. The highest BCUT2D eigenvalue weighted by atomic mass is 32.2. The average Bonchev–Trinajstić information content (AvgIpc) is 2.82. The van der Waals surface area contributed by atoms with Crippen LogP contribution in [0.15, 0.2) is 60.7 Å². The van der Waals surface area contributed by atoms with Gasteiger partial charge in [-0.05, 0) is 49.8 Å². The Balaban J connectivity index is 1.62. The highest BCUT2D eigenvalue weighted by Crippen LogP contribution is 2.40. The van der Waals surface area contributed by atoms with Crippen LogP contribution in [0, 0.1) is 17.1 Å². The van der Waals surface area contributed by atoms with Gasteiger partial charge in [0.15, 0.2) is 0 Å². The summed E-state index contributed by atoms with van der Waals surface area (Å²) >= 11 is 0. The van der Waals surface area contributed by atoms with Crippen LogP contribution in [0.5, 0.6) is 0 Å². The van der Waals surface area contributed by atoms with E-state index >= 15 is 4.39 Å². The third-order valence-corrected chi connectivity index (χ3v) is 9.38. The number of sulfonamides is 1. The van der Waals surface area contributed by atoms with Crippen molar-refractivity contribution in [2.75, 3.05) is 13.2 Å². The number of nitriles is 1. The van der Waals surface area contributed by atoms with Crippen molar-refractivity contribution in [3.05, 3.63) is 83.2 Å². The molecule has 0 bridgehead atoms. The molecule has 0 spiro atoms. The number of hydrogen-bond donors (Lipinski definition) is 0. The molecule has 33 heavy (non-hydrogen) atoms. The van der Waals surface area contributed by atoms with Crippen molar-refractivity contribution < 1.29 is 17.5 Å². The second-order valence-electron chi connectivity index (χ2n) is 8.95. The third-order valence-electron chi connectivity index (χ3n) is 7.01. The second-order valence-corrected chi connectivity index (χ2v) is 11.0. The molecule has 2 aliphatic rings. The molecular weight excluding hydrogens is 439 g/mol. The maximum absolute atomic E-state index is 15.3. The Morgan fingerprint density at radius 3 is 2.58 bits per heavy atom. The van der Waals surface area contributed by atoms with Gasteiger partial charge in [0.1, 0.15) is 11.1 Å². The summed E-state index contributed by atoms with van der Waals surface area (Å²) in [4.78, 5) is 0.